The summed E-state index contributed by atoms with van der Waals surface area (Å²) in [7, 11) is 0. The molecule has 2 rings (SSSR count). The number of hydrogen-bond acceptors (Lipinski definition) is 7. The Labute approximate surface area is 127 Å². The second-order valence-corrected chi connectivity index (χ2v) is 6.24. The summed E-state index contributed by atoms with van der Waals surface area (Å²) in [6.07, 6.45) is 2.80. The van der Waals surface area contributed by atoms with Gasteiger partial charge in [-0.05, 0) is 36.6 Å². The average Bonchev–Trinajstić information content (AvgIpc) is 2.87. The fourth-order valence-electron chi connectivity index (χ4n) is 1.64. The average molecular weight is 309 g/mol. The van der Waals surface area contributed by atoms with Gasteiger partial charge in [0.05, 0.1) is 0 Å². The maximum Gasteiger partial charge on any atom is 0.176 e. The Kier molecular flexibility index (Phi) is 5.72. The van der Waals surface area contributed by atoms with Gasteiger partial charge in [0.25, 0.3) is 0 Å². The van der Waals surface area contributed by atoms with Crippen LogP contribution in [-0.4, -0.2) is 25.9 Å². The van der Waals surface area contributed by atoms with E-state index in [1.54, 1.807) is 11.8 Å². The molecule has 0 bridgehead atoms. The molecular weight excluding hydrogens is 290 g/mol. The normalized spacial score (nSPS) is 10.8. The van der Waals surface area contributed by atoms with Crippen LogP contribution in [0.3, 0.4) is 0 Å². The highest BCUT2D eigenvalue weighted by molar-refractivity contribution is 8.00. The molecule has 108 valence electrons. The van der Waals surface area contributed by atoms with Crippen LogP contribution in [0.25, 0.3) is 0 Å². The highest BCUT2D eigenvalue weighted by Gasteiger charge is 2.09. The smallest absolute Gasteiger partial charge is 0.176 e. The lowest BCUT2D eigenvalue weighted by Gasteiger charge is -2.07. The Morgan fingerprint density at radius 1 is 1.15 bits per heavy atom. The zero-order valence-corrected chi connectivity index (χ0v) is 13.6. The predicted octanol–water partition coefficient (Wildman–Crippen LogP) is 3.43. The van der Waals surface area contributed by atoms with Crippen molar-refractivity contribution in [1.29, 1.82) is 0 Å². The van der Waals surface area contributed by atoms with Crippen LogP contribution in [0.15, 0.2) is 15.4 Å². The summed E-state index contributed by atoms with van der Waals surface area (Å²) in [6, 6.07) is 1.97. The quantitative estimate of drug-likeness (QED) is 0.791. The Morgan fingerprint density at radius 2 is 2.00 bits per heavy atom. The van der Waals surface area contributed by atoms with E-state index in [-0.39, 0.29) is 0 Å². The van der Waals surface area contributed by atoms with Crippen LogP contribution in [0.4, 0.5) is 5.82 Å². The summed E-state index contributed by atoms with van der Waals surface area (Å²) < 4.78 is 5.23. The number of aryl methyl sites for hydroxylation is 2. The molecule has 5 nitrogen and oxygen atoms in total. The summed E-state index contributed by atoms with van der Waals surface area (Å²) in [5, 5.41) is 4.18. The first-order chi connectivity index (χ1) is 9.75. The standard InChI is InChI=1S/C13H19N5S2/c1-4-7-10-15-11(14-6-3)8-12(16-10)19-13-17-9(5-2)18-20-13/h8H,4-7H2,1-3H3,(H,14,15,16). The number of anilines is 1. The molecule has 2 aromatic rings. The summed E-state index contributed by atoms with van der Waals surface area (Å²) >= 11 is 2.99. The third kappa shape index (κ3) is 4.14. The van der Waals surface area contributed by atoms with Crippen LogP contribution in [0.1, 0.15) is 38.8 Å². The second-order valence-electron chi connectivity index (χ2n) is 4.22. The van der Waals surface area contributed by atoms with Crippen molar-refractivity contribution in [2.24, 2.45) is 0 Å². The van der Waals surface area contributed by atoms with Crippen molar-refractivity contribution in [2.45, 2.75) is 49.4 Å². The van der Waals surface area contributed by atoms with Crippen molar-refractivity contribution in [3.63, 3.8) is 0 Å². The number of nitrogens with zero attached hydrogens (tertiary/aromatic N) is 4. The third-order valence-electron chi connectivity index (χ3n) is 2.54. The Hall–Kier alpha value is -1.21. The molecule has 1 N–H and O–H groups in total. The van der Waals surface area contributed by atoms with Gasteiger partial charge >= 0.3 is 0 Å². The van der Waals surface area contributed by atoms with E-state index in [2.05, 4.69) is 45.4 Å². The Morgan fingerprint density at radius 3 is 2.65 bits per heavy atom. The van der Waals surface area contributed by atoms with Gasteiger partial charge in [-0.25, -0.2) is 15.0 Å². The minimum absolute atomic E-state index is 0.853. The minimum atomic E-state index is 0.853. The van der Waals surface area contributed by atoms with Gasteiger partial charge in [-0.2, -0.15) is 4.37 Å². The highest BCUT2D eigenvalue weighted by Crippen LogP contribution is 2.29. The molecule has 0 spiro atoms. The molecule has 0 aliphatic carbocycles. The van der Waals surface area contributed by atoms with Gasteiger partial charge in [-0.1, -0.05) is 13.8 Å². The molecule has 2 aromatic heterocycles. The topological polar surface area (TPSA) is 63.6 Å². The zero-order valence-electron chi connectivity index (χ0n) is 12.0. The van der Waals surface area contributed by atoms with Gasteiger partial charge < -0.3 is 5.32 Å². The molecule has 0 radical (unpaired) electrons. The molecule has 0 saturated carbocycles. The summed E-state index contributed by atoms with van der Waals surface area (Å²) in [5.74, 6) is 2.66. The number of nitrogens with one attached hydrogen (secondary N) is 1. The predicted molar refractivity (Wildman–Crippen MR) is 83.6 cm³/mol. The molecule has 0 atom stereocenters. The fraction of sp³-hybridized carbons (Fsp3) is 0.538. The largest absolute Gasteiger partial charge is 0.370 e. The van der Waals surface area contributed by atoms with E-state index in [4.69, 9.17) is 0 Å². The molecule has 0 amide bonds. The lowest BCUT2D eigenvalue weighted by Crippen LogP contribution is -2.04. The van der Waals surface area contributed by atoms with E-state index in [0.717, 1.165) is 52.6 Å². The molecule has 0 unspecified atom stereocenters. The van der Waals surface area contributed by atoms with Crippen LogP contribution in [0.5, 0.6) is 0 Å². The van der Waals surface area contributed by atoms with Crippen LogP contribution in [-0.2, 0) is 12.8 Å². The Bertz CT molecular complexity index is 531. The van der Waals surface area contributed by atoms with Gasteiger partial charge in [0.2, 0.25) is 0 Å². The Balaban J connectivity index is 2.20. The van der Waals surface area contributed by atoms with E-state index in [1.165, 1.54) is 11.5 Å². The van der Waals surface area contributed by atoms with Gasteiger partial charge in [-0.3, -0.25) is 0 Å². The van der Waals surface area contributed by atoms with Crippen molar-refractivity contribution in [2.75, 3.05) is 11.9 Å². The lowest BCUT2D eigenvalue weighted by atomic mass is 10.3. The molecule has 0 aromatic carbocycles. The van der Waals surface area contributed by atoms with E-state index < -0.39 is 0 Å². The van der Waals surface area contributed by atoms with Crippen LogP contribution in [0, 0.1) is 0 Å². The van der Waals surface area contributed by atoms with Crippen molar-refractivity contribution in [1.82, 2.24) is 19.3 Å². The summed E-state index contributed by atoms with van der Waals surface area (Å²) in [5.41, 5.74) is 0. The third-order valence-corrected chi connectivity index (χ3v) is 4.25. The van der Waals surface area contributed by atoms with Crippen LogP contribution in [0.2, 0.25) is 0 Å². The monoisotopic (exact) mass is 309 g/mol. The molecule has 2 heterocycles. The summed E-state index contributed by atoms with van der Waals surface area (Å²) in [6.45, 7) is 7.11. The first-order valence-corrected chi connectivity index (χ1v) is 8.46. The molecular formula is C13H19N5S2. The van der Waals surface area contributed by atoms with E-state index in [9.17, 15) is 0 Å². The highest BCUT2D eigenvalue weighted by atomic mass is 32.2. The van der Waals surface area contributed by atoms with Crippen molar-refractivity contribution in [3.05, 3.63) is 17.7 Å². The maximum absolute atomic E-state index is 4.59. The van der Waals surface area contributed by atoms with Gasteiger partial charge in [0.1, 0.15) is 22.5 Å². The lowest BCUT2D eigenvalue weighted by molar-refractivity contribution is 0.810. The fourth-order valence-corrected chi connectivity index (χ4v) is 3.31. The number of hydrogen-bond donors (Lipinski definition) is 1. The summed E-state index contributed by atoms with van der Waals surface area (Å²) in [4.78, 5) is 13.6. The maximum atomic E-state index is 4.59. The van der Waals surface area contributed by atoms with Crippen molar-refractivity contribution in [3.8, 4) is 0 Å². The van der Waals surface area contributed by atoms with E-state index in [1.807, 2.05) is 6.07 Å². The first-order valence-electron chi connectivity index (χ1n) is 6.87. The molecule has 0 saturated heterocycles. The number of aromatic nitrogens is 4. The SMILES string of the molecule is CCCc1nc(NCC)cc(Sc2nc(CC)ns2)n1. The van der Waals surface area contributed by atoms with Gasteiger partial charge in [-0.15, -0.1) is 0 Å². The van der Waals surface area contributed by atoms with Crippen LogP contribution >= 0.6 is 23.3 Å². The van der Waals surface area contributed by atoms with E-state index in [0.29, 0.717) is 0 Å². The zero-order chi connectivity index (χ0) is 14.4. The van der Waals surface area contributed by atoms with Crippen molar-refractivity contribution < 1.29 is 0 Å². The molecule has 0 fully saturated rings. The molecule has 0 aliphatic rings. The van der Waals surface area contributed by atoms with E-state index >= 15 is 0 Å². The molecule has 0 aliphatic heterocycles. The molecule has 7 heteroatoms. The van der Waals surface area contributed by atoms with Crippen molar-refractivity contribution >= 4 is 29.1 Å². The first kappa shape index (κ1) is 15.2. The van der Waals surface area contributed by atoms with Crippen LogP contribution < -0.4 is 5.32 Å². The molecule has 20 heavy (non-hydrogen) atoms. The van der Waals surface area contributed by atoms with Gasteiger partial charge in [0, 0.05) is 25.5 Å². The second kappa shape index (κ2) is 7.54. The minimum Gasteiger partial charge on any atom is -0.370 e. The van der Waals surface area contributed by atoms with Gasteiger partial charge in [0.15, 0.2) is 4.34 Å². The number of rotatable bonds is 7.